The molecule has 0 aliphatic carbocycles. The molecule has 1 atom stereocenters. The van der Waals surface area contributed by atoms with Gasteiger partial charge in [0, 0.05) is 44.0 Å². The third kappa shape index (κ3) is 2.82. The molecule has 1 saturated heterocycles. The molecular formula is C12H22N4O2S. The van der Waals surface area contributed by atoms with Crippen LogP contribution >= 0.6 is 0 Å². The van der Waals surface area contributed by atoms with E-state index in [4.69, 9.17) is 0 Å². The maximum Gasteiger partial charge on any atom is 0.281 e. The quantitative estimate of drug-likeness (QED) is 0.881. The summed E-state index contributed by atoms with van der Waals surface area (Å²) in [6, 6.07) is 0. The smallest absolute Gasteiger partial charge is 0.281 e. The Bertz CT molecular complexity index is 522. The van der Waals surface area contributed by atoms with E-state index in [0.717, 1.165) is 17.9 Å². The normalized spacial score (nSPS) is 21.4. The van der Waals surface area contributed by atoms with Gasteiger partial charge >= 0.3 is 0 Å². The Morgan fingerprint density at radius 3 is 2.68 bits per heavy atom. The summed E-state index contributed by atoms with van der Waals surface area (Å²) in [5.74, 6) is 1.08. The minimum absolute atomic E-state index is 0.180. The number of aryl methyl sites for hydroxylation is 1. The summed E-state index contributed by atoms with van der Waals surface area (Å²) in [4.78, 5) is 7.51. The van der Waals surface area contributed by atoms with Crippen LogP contribution in [0.3, 0.4) is 0 Å². The summed E-state index contributed by atoms with van der Waals surface area (Å²) >= 11 is 0. The van der Waals surface area contributed by atoms with Crippen molar-refractivity contribution >= 4 is 10.2 Å². The van der Waals surface area contributed by atoms with Gasteiger partial charge in [0.05, 0.1) is 0 Å². The highest BCUT2D eigenvalue weighted by Gasteiger charge is 2.35. The van der Waals surface area contributed by atoms with E-state index in [2.05, 4.69) is 9.97 Å². The SMILES string of the molecule is CCN(CC)S(=O)(=O)N1CC[C@H](c2ncc(C)[nH]2)C1. The molecule has 0 unspecified atom stereocenters. The molecule has 19 heavy (non-hydrogen) atoms. The van der Waals surface area contributed by atoms with Crippen molar-refractivity contribution < 1.29 is 8.42 Å². The first-order valence-corrected chi connectivity index (χ1v) is 8.15. The molecule has 1 N–H and O–H groups in total. The summed E-state index contributed by atoms with van der Waals surface area (Å²) in [7, 11) is -3.31. The number of aromatic amines is 1. The Morgan fingerprint density at radius 1 is 1.47 bits per heavy atom. The van der Waals surface area contributed by atoms with E-state index in [1.807, 2.05) is 20.8 Å². The summed E-state index contributed by atoms with van der Waals surface area (Å²) < 4.78 is 27.9. The van der Waals surface area contributed by atoms with E-state index in [0.29, 0.717) is 26.2 Å². The van der Waals surface area contributed by atoms with Crippen LogP contribution in [0.4, 0.5) is 0 Å². The monoisotopic (exact) mass is 286 g/mol. The molecule has 0 bridgehead atoms. The van der Waals surface area contributed by atoms with Crippen LogP contribution in [0.2, 0.25) is 0 Å². The molecule has 0 spiro atoms. The van der Waals surface area contributed by atoms with Crippen molar-refractivity contribution in [2.45, 2.75) is 33.1 Å². The zero-order chi connectivity index (χ0) is 14.0. The van der Waals surface area contributed by atoms with E-state index >= 15 is 0 Å². The lowest BCUT2D eigenvalue weighted by Crippen LogP contribution is -2.42. The lowest BCUT2D eigenvalue weighted by atomic mass is 10.1. The van der Waals surface area contributed by atoms with Crippen LogP contribution in [-0.2, 0) is 10.2 Å². The van der Waals surface area contributed by atoms with Crippen LogP contribution in [0.1, 0.15) is 37.7 Å². The molecule has 0 aromatic carbocycles. The van der Waals surface area contributed by atoms with Crippen molar-refractivity contribution in [3.05, 3.63) is 17.7 Å². The summed E-state index contributed by atoms with van der Waals surface area (Å²) in [6.45, 7) is 7.81. The summed E-state index contributed by atoms with van der Waals surface area (Å²) in [5.41, 5.74) is 1.01. The van der Waals surface area contributed by atoms with E-state index in [9.17, 15) is 8.42 Å². The average molecular weight is 286 g/mol. The Hall–Kier alpha value is -0.920. The lowest BCUT2D eigenvalue weighted by Gasteiger charge is -2.25. The van der Waals surface area contributed by atoms with Crippen molar-refractivity contribution in [2.24, 2.45) is 0 Å². The molecule has 7 heteroatoms. The number of rotatable bonds is 5. The summed E-state index contributed by atoms with van der Waals surface area (Å²) in [5, 5.41) is 0. The highest BCUT2D eigenvalue weighted by Crippen LogP contribution is 2.27. The van der Waals surface area contributed by atoms with E-state index in [1.54, 1.807) is 10.5 Å². The predicted molar refractivity (Wildman–Crippen MR) is 74.1 cm³/mol. The van der Waals surface area contributed by atoms with E-state index < -0.39 is 10.2 Å². The van der Waals surface area contributed by atoms with Gasteiger partial charge in [-0.25, -0.2) is 4.98 Å². The Kier molecular flexibility index (Phi) is 4.27. The first-order chi connectivity index (χ1) is 8.98. The average Bonchev–Trinajstić information content (AvgIpc) is 2.98. The number of nitrogens with one attached hydrogen (secondary N) is 1. The van der Waals surface area contributed by atoms with Gasteiger partial charge in [-0.1, -0.05) is 13.8 Å². The molecule has 2 heterocycles. The molecule has 1 fully saturated rings. The molecule has 0 saturated carbocycles. The Morgan fingerprint density at radius 2 is 2.16 bits per heavy atom. The number of nitrogens with zero attached hydrogens (tertiary/aromatic N) is 3. The molecule has 0 amide bonds. The fourth-order valence-electron chi connectivity index (χ4n) is 2.51. The van der Waals surface area contributed by atoms with Gasteiger partial charge in [0.2, 0.25) is 0 Å². The van der Waals surface area contributed by atoms with Crippen molar-refractivity contribution in [3.8, 4) is 0 Å². The van der Waals surface area contributed by atoms with Gasteiger partial charge in [-0.2, -0.15) is 17.0 Å². The van der Waals surface area contributed by atoms with Crippen molar-refractivity contribution in [1.29, 1.82) is 0 Å². The van der Waals surface area contributed by atoms with Gasteiger partial charge in [0.15, 0.2) is 0 Å². The van der Waals surface area contributed by atoms with Crippen LogP contribution in [0.5, 0.6) is 0 Å². The number of aromatic nitrogens is 2. The third-order valence-corrected chi connectivity index (χ3v) is 5.77. The molecule has 1 aliphatic rings. The van der Waals surface area contributed by atoms with Crippen LogP contribution in [0.25, 0.3) is 0 Å². The van der Waals surface area contributed by atoms with Crippen LogP contribution in [0.15, 0.2) is 6.20 Å². The highest BCUT2D eigenvalue weighted by molar-refractivity contribution is 7.86. The van der Waals surface area contributed by atoms with Gasteiger partial charge in [-0.15, -0.1) is 0 Å². The predicted octanol–water partition coefficient (Wildman–Crippen LogP) is 1.09. The zero-order valence-electron chi connectivity index (χ0n) is 11.8. The lowest BCUT2D eigenvalue weighted by molar-refractivity contribution is 0.377. The molecule has 6 nitrogen and oxygen atoms in total. The van der Waals surface area contributed by atoms with Crippen LogP contribution in [0, 0.1) is 6.92 Å². The number of imidazole rings is 1. The largest absolute Gasteiger partial charge is 0.346 e. The molecule has 1 aromatic rings. The van der Waals surface area contributed by atoms with Crippen LogP contribution < -0.4 is 0 Å². The summed E-state index contributed by atoms with van der Waals surface area (Å²) in [6.07, 6.45) is 2.62. The first kappa shape index (κ1) is 14.5. The van der Waals surface area contributed by atoms with E-state index in [1.165, 1.54) is 4.31 Å². The molecule has 2 rings (SSSR count). The number of hydrogen-bond donors (Lipinski definition) is 1. The number of H-pyrrole nitrogens is 1. The van der Waals surface area contributed by atoms with Gasteiger partial charge < -0.3 is 4.98 Å². The van der Waals surface area contributed by atoms with Crippen molar-refractivity contribution in [2.75, 3.05) is 26.2 Å². The second-order valence-electron chi connectivity index (χ2n) is 4.89. The standard InChI is InChI=1S/C12H22N4O2S/c1-4-15(5-2)19(17,18)16-7-6-11(9-16)12-13-8-10(3)14-12/h8,11H,4-7,9H2,1-3H3,(H,13,14)/t11-/m0/s1. The minimum Gasteiger partial charge on any atom is -0.346 e. The zero-order valence-corrected chi connectivity index (χ0v) is 12.6. The second kappa shape index (κ2) is 5.60. The number of hydrogen-bond acceptors (Lipinski definition) is 3. The molecule has 1 aromatic heterocycles. The minimum atomic E-state index is -3.31. The maximum absolute atomic E-state index is 12.4. The van der Waals surface area contributed by atoms with Gasteiger partial charge in [0.1, 0.15) is 5.82 Å². The van der Waals surface area contributed by atoms with Gasteiger partial charge in [-0.05, 0) is 13.3 Å². The first-order valence-electron chi connectivity index (χ1n) is 6.75. The van der Waals surface area contributed by atoms with Crippen molar-refractivity contribution in [1.82, 2.24) is 18.6 Å². The molecule has 1 aliphatic heterocycles. The maximum atomic E-state index is 12.4. The Balaban J connectivity index is 2.10. The van der Waals surface area contributed by atoms with Gasteiger partial charge in [0.25, 0.3) is 10.2 Å². The Labute approximate surface area is 115 Å². The fourth-order valence-corrected chi connectivity index (χ4v) is 4.20. The fraction of sp³-hybridized carbons (Fsp3) is 0.750. The second-order valence-corrected chi connectivity index (χ2v) is 6.82. The molecular weight excluding hydrogens is 264 g/mol. The van der Waals surface area contributed by atoms with Crippen LogP contribution in [-0.4, -0.2) is 53.2 Å². The highest BCUT2D eigenvalue weighted by atomic mass is 32.2. The topological polar surface area (TPSA) is 69.3 Å². The molecule has 0 radical (unpaired) electrons. The molecule has 108 valence electrons. The van der Waals surface area contributed by atoms with Crippen molar-refractivity contribution in [3.63, 3.8) is 0 Å². The third-order valence-electron chi connectivity index (χ3n) is 3.62. The van der Waals surface area contributed by atoms with E-state index in [-0.39, 0.29) is 5.92 Å². The van der Waals surface area contributed by atoms with Gasteiger partial charge in [-0.3, -0.25) is 0 Å².